The number of carbonyl (C=O) groups excluding carboxylic acids is 1. The molecule has 0 saturated carbocycles. The van der Waals surface area contributed by atoms with Crippen molar-refractivity contribution in [2.24, 2.45) is 0 Å². The SMILES string of the molecule is CC(C)c1ccccc1NC(=O)c1ccc(Cl)c(S(=O)(=O)N2CCOCC2)c1. The first-order chi connectivity index (χ1) is 13.3. The topological polar surface area (TPSA) is 75.7 Å². The number of sulfonamides is 1. The summed E-state index contributed by atoms with van der Waals surface area (Å²) < 4.78 is 32.4. The van der Waals surface area contributed by atoms with E-state index in [0.29, 0.717) is 18.9 Å². The second-order valence-corrected chi connectivity index (χ2v) is 9.17. The van der Waals surface area contributed by atoms with E-state index in [-0.39, 0.29) is 40.4 Å². The second kappa shape index (κ2) is 8.61. The fourth-order valence-electron chi connectivity index (χ4n) is 3.08. The highest BCUT2D eigenvalue weighted by molar-refractivity contribution is 7.89. The third kappa shape index (κ3) is 4.38. The van der Waals surface area contributed by atoms with Crippen LogP contribution in [0.3, 0.4) is 0 Å². The number of benzene rings is 2. The molecular weight excluding hydrogens is 400 g/mol. The minimum atomic E-state index is -3.80. The van der Waals surface area contributed by atoms with Gasteiger partial charge in [-0.05, 0) is 35.7 Å². The largest absolute Gasteiger partial charge is 0.379 e. The maximum Gasteiger partial charge on any atom is 0.255 e. The third-order valence-corrected chi connectivity index (χ3v) is 6.99. The number of nitrogens with zero attached hydrogens (tertiary/aromatic N) is 1. The molecule has 3 rings (SSSR count). The number of carbonyl (C=O) groups is 1. The summed E-state index contributed by atoms with van der Waals surface area (Å²) in [5, 5.41) is 2.96. The van der Waals surface area contributed by atoms with E-state index >= 15 is 0 Å². The number of hydrogen-bond donors (Lipinski definition) is 1. The Bertz CT molecular complexity index is 970. The zero-order chi connectivity index (χ0) is 20.3. The number of amides is 1. The van der Waals surface area contributed by atoms with Gasteiger partial charge in [0.05, 0.1) is 18.2 Å². The van der Waals surface area contributed by atoms with Crippen molar-refractivity contribution in [3.63, 3.8) is 0 Å². The summed E-state index contributed by atoms with van der Waals surface area (Å²) in [5.41, 5.74) is 1.94. The van der Waals surface area contributed by atoms with Gasteiger partial charge in [-0.15, -0.1) is 0 Å². The van der Waals surface area contributed by atoms with Crippen molar-refractivity contribution in [3.8, 4) is 0 Å². The van der Waals surface area contributed by atoms with Crippen molar-refractivity contribution in [3.05, 3.63) is 58.6 Å². The Hall–Kier alpha value is -1.93. The Morgan fingerprint density at radius 3 is 2.50 bits per heavy atom. The van der Waals surface area contributed by atoms with Crippen molar-refractivity contribution in [1.29, 1.82) is 0 Å². The molecule has 28 heavy (non-hydrogen) atoms. The van der Waals surface area contributed by atoms with Gasteiger partial charge in [-0.1, -0.05) is 43.6 Å². The van der Waals surface area contributed by atoms with Gasteiger partial charge in [0.1, 0.15) is 4.90 Å². The minimum absolute atomic E-state index is 0.0686. The normalized spacial score (nSPS) is 15.6. The molecule has 1 saturated heterocycles. The molecular formula is C20H23ClN2O4S. The summed E-state index contributed by atoms with van der Waals surface area (Å²) in [5.74, 6) is -0.151. The van der Waals surface area contributed by atoms with Gasteiger partial charge < -0.3 is 10.1 Å². The van der Waals surface area contributed by atoms with Crippen LogP contribution in [0.5, 0.6) is 0 Å². The first-order valence-electron chi connectivity index (χ1n) is 9.08. The fraction of sp³-hybridized carbons (Fsp3) is 0.350. The molecule has 1 amide bonds. The molecule has 0 spiro atoms. The molecule has 1 N–H and O–H groups in total. The lowest BCUT2D eigenvalue weighted by Gasteiger charge is -2.26. The Morgan fingerprint density at radius 1 is 1.14 bits per heavy atom. The van der Waals surface area contributed by atoms with Crippen LogP contribution in [0.4, 0.5) is 5.69 Å². The van der Waals surface area contributed by atoms with Gasteiger partial charge in [0.25, 0.3) is 5.91 Å². The molecule has 150 valence electrons. The van der Waals surface area contributed by atoms with Crippen LogP contribution < -0.4 is 5.32 Å². The molecule has 2 aromatic carbocycles. The van der Waals surface area contributed by atoms with Crippen LogP contribution in [0.2, 0.25) is 5.02 Å². The Labute approximate surface area is 170 Å². The Morgan fingerprint density at radius 2 is 1.82 bits per heavy atom. The zero-order valence-electron chi connectivity index (χ0n) is 15.8. The van der Waals surface area contributed by atoms with Crippen LogP contribution in [0.1, 0.15) is 35.7 Å². The molecule has 0 unspecified atom stereocenters. The average Bonchev–Trinajstić information content (AvgIpc) is 2.69. The Balaban J connectivity index is 1.90. The van der Waals surface area contributed by atoms with Gasteiger partial charge in [0.2, 0.25) is 10.0 Å². The highest BCUT2D eigenvalue weighted by Crippen LogP contribution is 2.28. The van der Waals surface area contributed by atoms with E-state index in [1.165, 1.54) is 22.5 Å². The maximum absolute atomic E-state index is 12.9. The first-order valence-corrected chi connectivity index (χ1v) is 10.9. The molecule has 2 aromatic rings. The number of halogens is 1. The molecule has 0 atom stereocenters. The van der Waals surface area contributed by atoms with Gasteiger partial charge in [0.15, 0.2) is 0 Å². The lowest BCUT2D eigenvalue weighted by atomic mass is 10.0. The van der Waals surface area contributed by atoms with Crippen molar-refractivity contribution >= 4 is 33.2 Å². The smallest absolute Gasteiger partial charge is 0.255 e. The van der Waals surface area contributed by atoms with E-state index < -0.39 is 10.0 Å². The maximum atomic E-state index is 12.9. The number of anilines is 1. The zero-order valence-corrected chi connectivity index (χ0v) is 17.4. The number of rotatable bonds is 5. The van der Waals surface area contributed by atoms with Gasteiger partial charge in [-0.3, -0.25) is 4.79 Å². The van der Waals surface area contributed by atoms with E-state index in [9.17, 15) is 13.2 Å². The van der Waals surface area contributed by atoms with Gasteiger partial charge in [-0.25, -0.2) is 8.42 Å². The first kappa shape index (κ1) is 20.8. The average molecular weight is 423 g/mol. The predicted molar refractivity (Wildman–Crippen MR) is 110 cm³/mol. The van der Waals surface area contributed by atoms with Crippen LogP contribution in [-0.2, 0) is 14.8 Å². The summed E-state index contributed by atoms with van der Waals surface area (Å²) in [7, 11) is -3.80. The van der Waals surface area contributed by atoms with Crippen molar-refractivity contribution < 1.29 is 17.9 Å². The molecule has 1 fully saturated rings. The number of nitrogens with one attached hydrogen (secondary N) is 1. The van der Waals surface area contributed by atoms with E-state index in [1.807, 2.05) is 38.1 Å². The molecule has 1 aliphatic rings. The van der Waals surface area contributed by atoms with Crippen molar-refractivity contribution in [2.75, 3.05) is 31.6 Å². The van der Waals surface area contributed by atoms with E-state index in [1.54, 1.807) is 0 Å². The number of hydrogen-bond acceptors (Lipinski definition) is 4. The second-order valence-electron chi connectivity index (χ2n) is 6.86. The number of para-hydroxylation sites is 1. The molecule has 6 nitrogen and oxygen atoms in total. The van der Waals surface area contributed by atoms with Crippen LogP contribution in [0.15, 0.2) is 47.4 Å². The molecule has 1 heterocycles. The van der Waals surface area contributed by atoms with Crippen LogP contribution in [0, 0.1) is 0 Å². The Kier molecular flexibility index (Phi) is 6.40. The molecule has 0 bridgehead atoms. The quantitative estimate of drug-likeness (QED) is 0.796. The molecule has 1 aliphatic heterocycles. The minimum Gasteiger partial charge on any atom is -0.379 e. The fourth-order valence-corrected chi connectivity index (χ4v) is 4.99. The highest BCUT2D eigenvalue weighted by atomic mass is 35.5. The van der Waals surface area contributed by atoms with Crippen LogP contribution in [-0.4, -0.2) is 44.9 Å². The third-order valence-electron chi connectivity index (χ3n) is 4.61. The van der Waals surface area contributed by atoms with Gasteiger partial charge in [-0.2, -0.15) is 4.31 Å². The highest BCUT2D eigenvalue weighted by Gasteiger charge is 2.29. The molecule has 0 aromatic heterocycles. The standard InChI is InChI=1S/C20H23ClN2O4S/c1-14(2)16-5-3-4-6-18(16)22-20(24)15-7-8-17(21)19(13-15)28(25,26)23-9-11-27-12-10-23/h3-8,13-14H,9-12H2,1-2H3,(H,22,24). The predicted octanol–water partition coefficient (Wildman–Crippen LogP) is 3.74. The molecule has 0 radical (unpaired) electrons. The van der Waals surface area contributed by atoms with Crippen LogP contribution in [0.25, 0.3) is 0 Å². The lowest BCUT2D eigenvalue weighted by molar-refractivity contribution is 0.0730. The summed E-state index contributed by atoms with van der Waals surface area (Å²) in [6.07, 6.45) is 0. The van der Waals surface area contributed by atoms with E-state index in [2.05, 4.69) is 5.32 Å². The van der Waals surface area contributed by atoms with E-state index in [4.69, 9.17) is 16.3 Å². The summed E-state index contributed by atoms with van der Waals surface area (Å²) >= 11 is 6.16. The van der Waals surface area contributed by atoms with Gasteiger partial charge >= 0.3 is 0 Å². The van der Waals surface area contributed by atoms with Crippen molar-refractivity contribution in [1.82, 2.24) is 4.31 Å². The number of morpholine rings is 1. The number of ether oxygens (including phenoxy) is 1. The molecule has 8 heteroatoms. The lowest BCUT2D eigenvalue weighted by Crippen LogP contribution is -2.40. The summed E-state index contributed by atoms with van der Waals surface area (Å²) in [4.78, 5) is 12.7. The molecule has 0 aliphatic carbocycles. The van der Waals surface area contributed by atoms with Crippen molar-refractivity contribution in [2.45, 2.75) is 24.7 Å². The summed E-state index contributed by atoms with van der Waals surface area (Å²) in [6.45, 7) is 5.28. The monoisotopic (exact) mass is 422 g/mol. The van der Waals surface area contributed by atoms with Crippen LogP contribution >= 0.6 is 11.6 Å². The van der Waals surface area contributed by atoms with Gasteiger partial charge in [0, 0.05) is 24.3 Å². The summed E-state index contributed by atoms with van der Waals surface area (Å²) in [6, 6.07) is 11.8. The van der Waals surface area contributed by atoms with E-state index in [0.717, 1.165) is 5.56 Å².